The second-order valence-electron chi connectivity index (χ2n) is 11.9. The minimum atomic E-state index is -2.80. The van der Waals surface area contributed by atoms with Gasteiger partial charge in [-0.3, -0.25) is 9.63 Å². The van der Waals surface area contributed by atoms with Crippen molar-refractivity contribution in [1.29, 1.82) is 0 Å². The standard InChI is InChI=1S/C32H37N3O3Si/c1-32(2,3)39(25-15-9-5-10-16-25,26-17-11-6-12-18-26)38-33-28-20-19-27-29-31(36)34(21-22-35(29)37-30(27)28)23-24-13-7-4-8-14-24/h4-18,27,29-30H,19-23H2,1-3H3/b33-28+/t27-,29+,30+/m1/s1. The van der Waals surface area contributed by atoms with Gasteiger partial charge in [0.2, 0.25) is 5.91 Å². The Morgan fingerprint density at radius 1 is 0.897 bits per heavy atom. The van der Waals surface area contributed by atoms with E-state index >= 15 is 0 Å². The summed E-state index contributed by atoms with van der Waals surface area (Å²) < 4.78 is 6.87. The number of amides is 1. The van der Waals surface area contributed by atoms with Gasteiger partial charge in [0.25, 0.3) is 0 Å². The molecule has 2 heterocycles. The molecule has 1 aliphatic carbocycles. The quantitative estimate of drug-likeness (QED) is 0.345. The van der Waals surface area contributed by atoms with Crippen molar-refractivity contribution in [3.05, 3.63) is 96.6 Å². The minimum Gasteiger partial charge on any atom is -0.443 e. The highest BCUT2D eigenvalue weighted by molar-refractivity contribution is 6.99. The van der Waals surface area contributed by atoms with E-state index in [0.717, 1.165) is 24.1 Å². The van der Waals surface area contributed by atoms with Gasteiger partial charge in [-0.1, -0.05) is 112 Å². The van der Waals surface area contributed by atoms with Crippen LogP contribution in [0.1, 0.15) is 39.2 Å². The van der Waals surface area contributed by atoms with Gasteiger partial charge in [-0.05, 0) is 28.8 Å². The maximum absolute atomic E-state index is 13.6. The second-order valence-corrected chi connectivity index (χ2v) is 16.1. The first kappa shape index (κ1) is 26.0. The van der Waals surface area contributed by atoms with Gasteiger partial charge in [-0.2, -0.15) is 5.06 Å². The van der Waals surface area contributed by atoms with Gasteiger partial charge < -0.3 is 9.43 Å². The Hall–Kier alpha value is -3.26. The van der Waals surface area contributed by atoms with Crippen molar-refractivity contribution in [2.75, 3.05) is 13.1 Å². The molecule has 1 amide bonds. The number of hydroxylamine groups is 2. The highest BCUT2D eigenvalue weighted by Gasteiger charge is 2.56. The second kappa shape index (κ2) is 10.4. The summed E-state index contributed by atoms with van der Waals surface area (Å²) in [4.78, 5) is 22.0. The van der Waals surface area contributed by atoms with Crippen molar-refractivity contribution in [1.82, 2.24) is 9.96 Å². The number of nitrogens with zero attached hydrogens (tertiary/aromatic N) is 3. The van der Waals surface area contributed by atoms with E-state index in [9.17, 15) is 4.79 Å². The molecule has 3 aromatic carbocycles. The van der Waals surface area contributed by atoms with Crippen molar-refractivity contribution in [3.63, 3.8) is 0 Å². The molecule has 6 rings (SSSR count). The maximum atomic E-state index is 13.6. The van der Waals surface area contributed by atoms with Crippen LogP contribution in [0.15, 0.2) is 96.2 Å². The summed E-state index contributed by atoms with van der Waals surface area (Å²) in [6.45, 7) is 8.77. The molecule has 6 nitrogen and oxygen atoms in total. The molecule has 0 radical (unpaired) electrons. The number of rotatable bonds is 6. The summed E-state index contributed by atoms with van der Waals surface area (Å²) in [6.07, 6.45) is 1.44. The van der Waals surface area contributed by atoms with E-state index < -0.39 is 8.32 Å². The fourth-order valence-electron chi connectivity index (χ4n) is 6.56. The molecule has 0 unspecified atom stereocenters. The third-order valence-electron chi connectivity index (χ3n) is 8.50. The molecule has 39 heavy (non-hydrogen) atoms. The van der Waals surface area contributed by atoms with Crippen LogP contribution >= 0.6 is 0 Å². The molecule has 2 aliphatic heterocycles. The number of piperazine rings is 1. The lowest BCUT2D eigenvalue weighted by Gasteiger charge is -2.40. The number of hydrogen-bond donors (Lipinski definition) is 0. The van der Waals surface area contributed by atoms with E-state index in [4.69, 9.17) is 14.5 Å². The van der Waals surface area contributed by atoms with E-state index in [1.54, 1.807) is 0 Å². The van der Waals surface area contributed by atoms with Gasteiger partial charge >= 0.3 is 8.32 Å². The third kappa shape index (κ3) is 4.62. The van der Waals surface area contributed by atoms with Crippen molar-refractivity contribution in [2.45, 2.75) is 57.3 Å². The monoisotopic (exact) mass is 539 g/mol. The topological polar surface area (TPSA) is 54.4 Å². The molecule has 0 aromatic heterocycles. The summed E-state index contributed by atoms with van der Waals surface area (Å²) in [5, 5.41) is 9.06. The van der Waals surface area contributed by atoms with Crippen molar-refractivity contribution >= 4 is 30.3 Å². The Balaban J connectivity index is 1.28. The minimum absolute atomic E-state index is 0.0950. The summed E-state index contributed by atoms with van der Waals surface area (Å²) in [6, 6.07) is 31.1. The van der Waals surface area contributed by atoms with E-state index in [-0.39, 0.29) is 29.0 Å². The average Bonchev–Trinajstić information content (AvgIpc) is 3.51. The lowest BCUT2D eigenvalue weighted by Crippen LogP contribution is -2.65. The Bertz CT molecular complexity index is 1290. The molecule has 3 fully saturated rings. The molecular weight excluding hydrogens is 502 g/mol. The van der Waals surface area contributed by atoms with Crippen molar-refractivity contribution in [2.24, 2.45) is 11.1 Å². The zero-order valence-electron chi connectivity index (χ0n) is 23.0. The predicted octanol–water partition coefficient (Wildman–Crippen LogP) is 4.36. The SMILES string of the molecule is CC(C)(C)[Si](O/N=C1\CC[C@H]2[C@@H]1ON1CCN(Cc3ccccc3)C(=O)[C@H]21)(c1ccccc1)c1ccccc1. The fourth-order valence-corrected chi connectivity index (χ4v) is 10.7. The molecule has 7 heteroatoms. The average molecular weight is 540 g/mol. The zero-order chi connectivity index (χ0) is 27.0. The summed E-state index contributed by atoms with van der Waals surface area (Å²) in [5.74, 6) is 0.254. The maximum Gasteiger partial charge on any atom is 0.354 e. The van der Waals surface area contributed by atoms with Crippen LogP contribution in [0.25, 0.3) is 0 Å². The van der Waals surface area contributed by atoms with Gasteiger partial charge in [-0.25, -0.2) is 0 Å². The Morgan fingerprint density at radius 3 is 2.08 bits per heavy atom. The molecule has 3 aromatic rings. The fraction of sp³-hybridized carbons (Fsp3) is 0.375. The van der Waals surface area contributed by atoms with Gasteiger partial charge in [0.1, 0.15) is 12.1 Å². The number of oxime groups is 1. The van der Waals surface area contributed by atoms with Crippen LogP contribution < -0.4 is 10.4 Å². The number of carbonyl (C=O) groups is 1. The van der Waals surface area contributed by atoms with Gasteiger partial charge in [-0.15, -0.1) is 5.16 Å². The molecule has 0 bridgehead atoms. The predicted molar refractivity (Wildman–Crippen MR) is 156 cm³/mol. The van der Waals surface area contributed by atoms with Crippen LogP contribution in [-0.4, -0.2) is 55.1 Å². The third-order valence-corrected chi connectivity index (χ3v) is 13.3. The van der Waals surface area contributed by atoms with E-state index in [1.165, 1.54) is 10.4 Å². The van der Waals surface area contributed by atoms with Gasteiger partial charge in [0.05, 0.1) is 5.71 Å². The Morgan fingerprint density at radius 2 is 1.49 bits per heavy atom. The van der Waals surface area contributed by atoms with Crippen LogP contribution in [0.3, 0.4) is 0 Å². The smallest absolute Gasteiger partial charge is 0.354 e. The molecule has 0 spiro atoms. The molecule has 0 N–H and O–H groups in total. The number of benzene rings is 3. The van der Waals surface area contributed by atoms with Crippen LogP contribution in [0.5, 0.6) is 0 Å². The van der Waals surface area contributed by atoms with Crippen LogP contribution in [-0.2, 0) is 20.7 Å². The van der Waals surface area contributed by atoms with E-state index in [0.29, 0.717) is 19.6 Å². The van der Waals surface area contributed by atoms with Gasteiger partial charge in [0.15, 0.2) is 0 Å². The highest BCUT2D eigenvalue weighted by atomic mass is 28.4. The number of hydrogen-bond acceptors (Lipinski definition) is 5. The molecule has 1 saturated carbocycles. The molecular formula is C32H37N3O3Si. The van der Waals surface area contributed by atoms with Crippen molar-refractivity contribution < 1.29 is 14.2 Å². The summed E-state index contributed by atoms with van der Waals surface area (Å²) in [5.41, 5.74) is 2.08. The van der Waals surface area contributed by atoms with E-state index in [1.807, 2.05) is 40.3 Å². The normalized spacial score (nSPS) is 24.6. The van der Waals surface area contributed by atoms with Crippen molar-refractivity contribution in [3.8, 4) is 0 Å². The first-order valence-corrected chi connectivity index (χ1v) is 15.9. The number of fused-ring (bicyclic) bond motifs is 3. The summed E-state index contributed by atoms with van der Waals surface area (Å²) >= 11 is 0. The van der Waals surface area contributed by atoms with Crippen LogP contribution in [0.2, 0.25) is 5.04 Å². The first-order chi connectivity index (χ1) is 18.9. The Labute approximate surface area is 232 Å². The summed E-state index contributed by atoms with van der Waals surface area (Å²) in [7, 11) is -2.80. The number of carbonyl (C=O) groups excluding carboxylic acids is 1. The van der Waals surface area contributed by atoms with Gasteiger partial charge in [0, 0.05) is 30.6 Å². The molecule has 3 atom stereocenters. The Kier molecular flexibility index (Phi) is 6.91. The largest absolute Gasteiger partial charge is 0.443 e. The first-order valence-electron chi connectivity index (χ1n) is 14.0. The lowest BCUT2D eigenvalue weighted by molar-refractivity contribution is -0.182. The lowest BCUT2D eigenvalue weighted by atomic mass is 9.94. The van der Waals surface area contributed by atoms with Crippen LogP contribution in [0, 0.1) is 5.92 Å². The van der Waals surface area contributed by atoms with E-state index in [2.05, 4.69) is 81.4 Å². The molecule has 202 valence electrons. The highest BCUT2D eigenvalue weighted by Crippen LogP contribution is 2.42. The van der Waals surface area contributed by atoms with Crippen LogP contribution in [0.4, 0.5) is 0 Å². The molecule has 2 saturated heterocycles. The zero-order valence-corrected chi connectivity index (χ0v) is 24.0. The molecule has 3 aliphatic rings.